The molecule has 4 rings (SSSR count). The molecule has 5 nitrogen and oxygen atoms in total. The quantitative estimate of drug-likeness (QED) is 0.281. The van der Waals surface area contributed by atoms with Gasteiger partial charge in [-0.05, 0) is 74.2 Å². The highest BCUT2D eigenvalue weighted by molar-refractivity contribution is 5.79. The summed E-state index contributed by atoms with van der Waals surface area (Å²) in [6.45, 7) is 3.95. The molecule has 0 radical (unpaired) electrons. The monoisotopic (exact) mass is 450 g/mol. The van der Waals surface area contributed by atoms with Crippen LogP contribution in [-0.2, 0) is 17.6 Å². The van der Waals surface area contributed by atoms with Gasteiger partial charge in [0.2, 0.25) is 0 Å². The van der Waals surface area contributed by atoms with E-state index in [0.29, 0.717) is 25.7 Å². The number of Topliss-reactive ketones (excluding diaryl/α,β-unsaturated/α-hetero) is 1. The molecular formula is C29H30N4O. The third kappa shape index (κ3) is 6.51. The number of pyridine rings is 2. The third-order valence-corrected chi connectivity index (χ3v) is 5.66. The lowest BCUT2D eigenvalue weighted by atomic mass is 10.0. The molecule has 0 aliphatic carbocycles. The maximum Gasteiger partial charge on any atom is 0.133 e. The summed E-state index contributed by atoms with van der Waals surface area (Å²) < 4.78 is 0. The highest BCUT2D eigenvalue weighted by Gasteiger charge is 2.11. The van der Waals surface area contributed by atoms with E-state index in [0.717, 1.165) is 45.5 Å². The van der Waals surface area contributed by atoms with Crippen LogP contribution in [0.1, 0.15) is 35.4 Å². The van der Waals surface area contributed by atoms with Crippen LogP contribution in [0, 0.1) is 13.8 Å². The Morgan fingerprint density at radius 3 is 1.44 bits per heavy atom. The van der Waals surface area contributed by atoms with Gasteiger partial charge in [0.15, 0.2) is 0 Å². The van der Waals surface area contributed by atoms with Crippen molar-refractivity contribution in [1.82, 2.24) is 9.97 Å². The maximum absolute atomic E-state index is 12.8. The van der Waals surface area contributed by atoms with Gasteiger partial charge in [-0.15, -0.1) is 0 Å². The number of anilines is 4. The van der Waals surface area contributed by atoms with E-state index < -0.39 is 0 Å². The van der Waals surface area contributed by atoms with Crippen molar-refractivity contribution in [1.29, 1.82) is 0 Å². The van der Waals surface area contributed by atoms with E-state index in [1.54, 1.807) is 0 Å². The predicted molar refractivity (Wildman–Crippen MR) is 139 cm³/mol. The van der Waals surface area contributed by atoms with Gasteiger partial charge in [-0.2, -0.15) is 0 Å². The second-order valence-electron chi connectivity index (χ2n) is 8.44. The van der Waals surface area contributed by atoms with Crippen LogP contribution in [0.2, 0.25) is 0 Å². The highest BCUT2D eigenvalue weighted by Crippen LogP contribution is 2.23. The Labute approximate surface area is 201 Å². The molecule has 2 aromatic heterocycles. The Morgan fingerprint density at radius 1 is 0.618 bits per heavy atom. The number of nitrogens with zero attached hydrogens (tertiary/aromatic N) is 2. The van der Waals surface area contributed by atoms with Crippen molar-refractivity contribution < 1.29 is 4.79 Å². The minimum Gasteiger partial charge on any atom is -0.340 e. The first-order chi connectivity index (χ1) is 16.6. The van der Waals surface area contributed by atoms with Crippen LogP contribution in [0.15, 0.2) is 84.9 Å². The maximum atomic E-state index is 12.8. The van der Waals surface area contributed by atoms with Crippen LogP contribution >= 0.6 is 0 Å². The molecule has 0 fully saturated rings. The van der Waals surface area contributed by atoms with Gasteiger partial charge < -0.3 is 10.6 Å². The Morgan fingerprint density at radius 2 is 1.03 bits per heavy atom. The molecule has 2 heterocycles. The molecule has 0 aliphatic rings. The summed E-state index contributed by atoms with van der Waals surface area (Å²) in [7, 11) is 0. The second-order valence-corrected chi connectivity index (χ2v) is 8.44. The van der Waals surface area contributed by atoms with Gasteiger partial charge in [0.1, 0.15) is 17.4 Å². The Hall–Kier alpha value is -3.99. The number of rotatable bonds is 10. The minimum absolute atomic E-state index is 0.234. The molecule has 2 N–H and O–H groups in total. The van der Waals surface area contributed by atoms with Crippen molar-refractivity contribution in [2.75, 3.05) is 10.6 Å². The number of ketones is 1. The van der Waals surface area contributed by atoms with Gasteiger partial charge in [-0.25, -0.2) is 9.97 Å². The van der Waals surface area contributed by atoms with Gasteiger partial charge in [-0.3, -0.25) is 4.79 Å². The first-order valence-corrected chi connectivity index (χ1v) is 11.7. The lowest BCUT2D eigenvalue weighted by Crippen LogP contribution is -2.07. The van der Waals surface area contributed by atoms with Crippen molar-refractivity contribution in [2.45, 2.75) is 39.5 Å². The number of carbonyl (C=O) groups excluding carboxylic acids is 1. The SMILES string of the molecule is Cc1ccc(CCC(=O)CCc2ccc(C)nc2Nc2ccccc2)c(Nc2ccccc2)n1. The topological polar surface area (TPSA) is 66.9 Å². The zero-order valence-electron chi connectivity index (χ0n) is 19.7. The largest absolute Gasteiger partial charge is 0.340 e. The first-order valence-electron chi connectivity index (χ1n) is 11.7. The Kier molecular flexibility index (Phi) is 7.66. The van der Waals surface area contributed by atoms with Gasteiger partial charge >= 0.3 is 0 Å². The highest BCUT2D eigenvalue weighted by atomic mass is 16.1. The average Bonchev–Trinajstić information content (AvgIpc) is 2.84. The molecule has 0 unspecified atom stereocenters. The molecule has 0 bridgehead atoms. The summed E-state index contributed by atoms with van der Waals surface area (Å²) in [4.78, 5) is 22.1. The Balaban J connectivity index is 1.37. The van der Waals surface area contributed by atoms with E-state index in [9.17, 15) is 4.79 Å². The molecule has 2 aromatic carbocycles. The molecule has 172 valence electrons. The molecule has 0 spiro atoms. The molecule has 0 atom stereocenters. The van der Waals surface area contributed by atoms with E-state index in [4.69, 9.17) is 0 Å². The molecular weight excluding hydrogens is 420 g/mol. The van der Waals surface area contributed by atoms with Gasteiger partial charge in [0.25, 0.3) is 0 Å². The smallest absolute Gasteiger partial charge is 0.133 e. The normalized spacial score (nSPS) is 10.6. The fourth-order valence-corrected chi connectivity index (χ4v) is 3.78. The van der Waals surface area contributed by atoms with E-state index >= 15 is 0 Å². The van der Waals surface area contributed by atoms with Crippen LogP contribution in [0.4, 0.5) is 23.0 Å². The summed E-state index contributed by atoms with van der Waals surface area (Å²) in [5.74, 6) is 1.87. The number of hydrogen-bond donors (Lipinski definition) is 2. The average molecular weight is 451 g/mol. The fraction of sp³-hybridized carbons (Fsp3) is 0.207. The molecule has 0 aliphatic heterocycles. The number of aromatic nitrogens is 2. The van der Waals surface area contributed by atoms with E-state index in [1.807, 2.05) is 86.6 Å². The molecule has 0 saturated carbocycles. The van der Waals surface area contributed by atoms with Crippen LogP contribution in [-0.4, -0.2) is 15.8 Å². The summed E-state index contributed by atoms with van der Waals surface area (Å²) in [5.41, 5.74) is 5.95. The van der Waals surface area contributed by atoms with Gasteiger partial charge in [0, 0.05) is 35.6 Å². The Bertz CT molecular complexity index is 1140. The van der Waals surface area contributed by atoms with Crippen LogP contribution in [0.25, 0.3) is 0 Å². The van der Waals surface area contributed by atoms with Crippen molar-refractivity contribution in [3.05, 3.63) is 107 Å². The van der Waals surface area contributed by atoms with Crippen LogP contribution < -0.4 is 10.6 Å². The van der Waals surface area contributed by atoms with E-state index in [-0.39, 0.29) is 5.78 Å². The van der Waals surface area contributed by atoms with Crippen LogP contribution in [0.3, 0.4) is 0 Å². The standard InChI is InChI=1S/C29H30N4O/c1-21-13-15-23(28(30-21)32-25-9-5-3-6-10-25)17-19-27(34)20-18-24-16-14-22(2)31-29(24)33-26-11-7-4-8-12-26/h3-16H,17-20H2,1-2H3,(H,30,32)(H,31,33). The number of aryl methyl sites for hydroxylation is 4. The fourth-order valence-electron chi connectivity index (χ4n) is 3.78. The van der Waals surface area contributed by atoms with Crippen LogP contribution in [0.5, 0.6) is 0 Å². The summed E-state index contributed by atoms with van der Waals surface area (Å²) in [6.07, 6.45) is 2.27. The number of hydrogen-bond acceptors (Lipinski definition) is 5. The minimum atomic E-state index is 0.234. The number of para-hydroxylation sites is 2. The van der Waals surface area contributed by atoms with Gasteiger partial charge in [-0.1, -0.05) is 48.5 Å². The lowest BCUT2D eigenvalue weighted by molar-refractivity contribution is -0.119. The van der Waals surface area contributed by atoms with Gasteiger partial charge in [0.05, 0.1) is 0 Å². The van der Waals surface area contributed by atoms with Crippen molar-refractivity contribution in [2.24, 2.45) is 0 Å². The molecule has 0 amide bonds. The summed E-state index contributed by atoms with van der Waals surface area (Å²) in [5, 5.41) is 6.78. The van der Waals surface area contributed by atoms with E-state index in [2.05, 4.69) is 32.7 Å². The summed E-state index contributed by atoms with van der Waals surface area (Å²) >= 11 is 0. The molecule has 34 heavy (non-hydrogen) atoms. The van der Waals surface area contributed by atoms with Crippen molar-refractivity contribution >= 4 is 28.8 Å². The first kappa shape index (κ1) is 23.2. The predicted octanol–water partition coefficient (Wildman–Crippen LogP) is 6.72. The lowest BCUT2D eigenvalue weighted by Gasteiger charge is -2.13. The number of nitrogens with one attached hydrogen (secondary N) is 2. The number of carbonyl (C=O) groups is 1. The molecule has 4 aromatic rings. The molecule has 5 heteroatoms. The zero-order chi connectivity index (χ0) is 23.8. The number of benzene rings is 2. The van der Waals surface area contributed by atoms with Crippen molar-refractivity contribution in [3.8, 4) is 0 Å². The second kappa shape index (κ2) is 11.2. The zero-order valence-corrected chi connectivity index (χ0v) is 19.7. The van der Waals surface area contributed by atoms with E-state index in [1.165, 1.54) is 0 Å². The van der Waals surface area contributed by atoms with Crippen molar-refractivity contribution in [3.63, 3.8) is 0 Å². The summed E-state index contributed by atoms with van der Waals surface area (Å²) in [6, 6.07) is 28.1. The molecule has 0 saturated heterocycles. The third-order valence-electron chi connectivity index (χ3n) is 5.66.